The molecule has 3 heteroatoms. The van der Waals surface area contributed by atoms with E-state index in [0.717, 1.165) is 28.2 Å². The molecule has 3 nitrogen and oxygen atoms in total. The summed E-state index contributed by atoms with van der Waals surface area (Å²) in [6.45, 7) is 3.11. The van der Waals surface area contributed by atoms with E-state index in [-0.39, 0.29) is 0 Å². The van der Waals surface area contributed by atoms with E-state index in [4.69, 9.17) is 14.7 Å². The molecule has 0 amide bonds. The van der Waals surface area contributed by atoms with Crippen molar-refractivity contribution in [2.45, 2.75) is 6.92 Å². The molecule has 0 atom stereocenters. The van der Waals surface area contributed by atoms with E-state index < -0.39 is 0 Å². The molecule has 2 aromatic carbocycles. The van der Waals surface area contributed by atoms with Crippen LogP contribution in [0.3, 0.4) is 0 Å². The second kappa shape index (κ2) is 4.66. The van der Waals surface area contributed by atoms with Crippen LogP contribution in [0.4, 0.5) is 0 Å². The number of hydrogen-bond acceptors (Lipinski definition) is 3. The van der Waals surface area contributed by atoms with E-state index in [0.29, 0.717) is 18.8 Å². The first-order valence-corrected chi connectivity index (χ1v) is 6.19. The second-order valence-corrected chi connectivity index (χ2v) is 4.50. The molecular weight excluding hydrogens is 238 g/mol. The minimum absolute atomic E-state index is 0.577. The first kappa shape index (κ1) is 11.6. The number of ether oxygens (including phenoxy) is 2. The summed E-state index contributed by atoms with van der Waals surface area (Å²) in [6.07, 6.45) is 0. The summed E-state index contributed by atoms with van der Waals surface area (Å²) in [5.74, 6) is 1.55. The Morgan fingerprint density at radius 2 is 1.63 bits per heavy atom. The Morgan fingerprint density at radius 1 is 0.947 bits per heavy atom. The van der Waals surface area contributed by atoms with Crippen molar-refractivity contribution in [3.05, 3.63) is 47.5 Å². The van der Waals surface area contributed by atoms with Gasteiger partial charge in [0.2, 0.25) is 0 Å². The van der Waals surface area contributed by atoms with E-state index in [1.54, 1.807) is 0 Å². The zero-order valence-corrected chi connectivity index (χ0v) is 10.6. The zero-order chi connectivity index (χ0) is 13.2. The zero-order valence-electron chi connectivity index (χ0n) is 10.6. The van der Waals surface area contributed by atoms with Crippen molar-refractivity contribution in [2.24, 2.45) is 0 Å². The van der Waals surface area contributed by atoms with Crippen molar-refractivity contribution in [3.8, 4) is 28.7 Å². The van der Waals surface area contributed by atoms with Crippen molar-refractivity contribution in [3.63, 3.8) is 0 Å². The molecule has 2 aromatic rings. The van der Waals surface area contributed by atoms with Gasteiger partial charge in [0.25, 0.3) is 0 Å². The fraction of sp³-hybridized carbons (Fsp3) is 0.188. The highest BCUT2D eigenvalue weighted by atomic mass is 16.6. The monoisotopic (exact) mass is 251 g/mol. The van der Waals surface area contributed by atoms with Gasteiger partial charge in [-0.2, -0.15) is 5.26 Å². The molecule has 0 bridgehead atoms. The average Bonchev–Trinajstić information content (AvgIpc) is 2.47. The smallest absolute Gasteiger partial charge is 0.161 e. The third kappa shape index (κ3) is 2.13. The third-order valence-corrected chi connectivity index (χ3v) is 3.23. The molecule has 0 fully saturated rings. The molecule has 0 spiro atoms. The van der Waals surface area contributed by atoms with Crippen molar-refractivity contribution in [2.75, 3.05) is 13.2 Å². The van der Waals surface area contributed by atoms with Gasteiger partial charge in [0.05, 0.1) is 11.6 Å². The van der Waals surface area contributed by atoms with Crippen LogP contribution in [0.1, 0.15) is 11.1 Å². The standard InChI is InChI=1S/C16H13NO2/c1-11-2-3-12(8-14(11)10-17)13-4-5-15-16(9-13)19-7-6-18-15/h2-5,8-9H,6-7H2,1H3. The molecule has 0 unspecified atom stereocenters. The van der Waals surface area contributed by atoms with Crippen molar-refractivity contribution in [1.29, 1.82) is 5.26 Å². The maximum atomic E-state index is 9.09. The third-order valence-electron chi connectivity index (χ3n) is 3.23. The van der Waals surface area contributed by atoms with E-state index >= 15 is 0 Å². The maximum Gasteiger partial charge on any atom is 0.161 e. The van der Waals surface area contributed by atoms with Crippen molar-refractivity contribution < 1.29 is 9.47 Å². The predicted molar refractivity (Wildman–Crippen MR) is 72.3 cm³/mol. The quantitative estimate of drug-likeness (QED) is 0.781. The maximum absolute atomic E-state index is 9.09. The lowest BCUT2D eigenvalue weighted by molar-refractivity contribution is 0.171. The Bertz CT molecular complexity index is 671. The Labute approximate surface area is 112 Å². The lowest BCUT2D eigenvalue weighted by atomic mass is 10.00. The van der Waals surface area contributed by atoms with E-state index in [9.17, 15) is 0 Å². The van der Waals surface area contributed by atoms with Crippen LogP contribution in [0.15, 0.2) is 36.4 Å². The number of benzene rings is 2. The topological polar surface area (TPSA) is 42.2 Å². The minimum Gasteiger partial charge on any atom is -0.486 e. The largest absolute Gasteiger partial charge is 0.486 e. The van der Waals surface area contributed by atoms with Crippen LogP contribution in [0, 0.1) is 18.3 Å². The van der Waals surface area contributed by atoms with Crippen LogP contribution in [-0.4, -0.2) is 13.2 Å². The van der Waals surface area contributed by atoms with Gasteiger partial charge in [0, 0.05) is 0 Å². The van der Waals surface area contributed by atoms with Crippen molar-refractivity contribution >= 4 is 0 Å². The molecule has 0 saturated carbocycles. The van der Waals surface area contributed by atoms with E-state index in [2.05, 4.69) is 6.07 Å². The molecule has 19 heavy (non-hydrogen) atoms. The molecule has 1 aliphatic heterocycles. The van der Waals surface area contributed by atoms with Crippen molar-refractivity contribution in [1.82, 2.24) is 0 Å². The Morgan fingerprint density at radius 3 is 2.42 bits per heavy atom. The highest BCUT2D eigenvalue weighted by molar-refractivity contribution is 5.69. The summed E-state index contributed by atoms with van der Waals surface area (Å²) >= 11 is 0. The van der Waals surface area contributed by atoms with Gasteiger partial charge in [0.15, 0.2) is 11.5 Å². The van der Waals surface area contributed by atoms with E-state index in [1.165, 1.54) is 0 Å². The summed E-state index contributed by atoms with van der Waals surface area (Å²) in [4.78, 5) is 0. The summed E-state index contributed by atoms with van der Waals surface area (Å²) in [5.41, 5.74) is 3.73. The van der Waals surface area contributed by atoms with Gasteiger partial charge in [-0.3, -0.25) is 0 Å². The van der Waals surface area contributed by atoms with E-state index in [1.807, 2.05) is 43.3 Å². The molecular formula is C16H13NO2. The predicted octanol–water partition coefficient (Wildman–Crippen LogP) is 3.30. The Hall–Kier alpha value is -2.47. The SMILES string of the molecule is Cc1ccc(-c2ccc3c(c2)OCCO3)cc1C#N. The van der Waals surface area contributed by atoms with Gasteiger partial charge in [-0.15, -0.1) is 0 Å². The highest BCUT2D eigenvalue weighted by Crippen LogP contribution is 2.34. The molecule has 0 N–H and O–H groups in total. The van der Waals surface area contributed by atoms with Crippen LogP contribution in [0.2, 0.25) is 0 Å². The summed E-state index contributed by atoms with van der Waals surface area (Å²) in [6, 6.07) is 14.0. The first-order chi connectivity index (χ1) is 9.28. The number of hydrogen-bond donors (Lipinski definition) is 0. The van der Waals surface area contributed by atoms with Crippen LogP contribution in [0.25, 0.3) is 11.1 Å². The van der Waals surface area contributed by atoms with Gasteiger partial charge in [-0.25, -0.2) is 0 Å². The fourth-order valence-corrected chi connectivity index (χ4v) is 2.14. The molecule has 1 aliphatic rings. The van der Waals surface area contributed by atoms with Gasteiger partial charge in [0.1, 0.15) is 13.2 Å². The van der Waals surface area contributed by atoms with Gasteiger partial charge < -0.3 is 9.47 Å². The summed E-state index contributed by atoms with van der Waals surface area (Å²) in [7, 11) is 0. The molecule has 3 rings (SSSR count). The van der Waals surface area contributed by atoms with Crippen LogP contribution >= 0.6 is 0 Å². The molecule has 0 aromatic heterocycles. The van der Waals surface area contributed by atoms with Crippen LogP contribution < -0.4 is 9.47 Å². The molecule has 0 saturated heterocycles. The minimum atomic E-state index is 0.577. The lowest BCUT2D eigenvalue weighted by Crippen LogP contribution is -2.15. The number of nitrogens with zero attached hydrogens (tertiary/aromatic N) is 1. The Kier molecular flexibility index (Phi) is 2.85. The number of aryl methyl sites for hydroxylation is 1. The number of fused-ring (bicyclic) bond motifs is 1. The fourth-order valence-electron chi connectivity index (χ4n) is 2.14. The lowest BCUT2D eigenvalue weighted by Gasteiger charge is -2.19. The second-order valence-electron chi connectivity index (χ2n) is 4.50. The van der Waals surface area contributed by atoms with Crippen LogP contribution in [-0.2, 0) is 0 Å². The number of rotatable bonds is 1. The summed E-state index contributed by atoms with van der Waals surface area (Å²) in [5, 5.41) is 9.09. The number of nitriles is 1. The van der Waals surface area contributed by atoms with Gasteiger partial charge >= 0.3 is 0 Å². The van der Waals surface area contributed by atoms with Crippen LogP contribution in [0.5, 0.6) is 11.5 Å². The normalized spacial score (nSPS) is 12.8. The average molecular weight is 251 g/mol. The Balaban J connectivity index is 2.05. The molecule has 94 valence electrons. The first-order valence-electron chi connectivity index (χ1n) is 6.19. The van der Waals surface area contributed by atoms with Gasteiger partial charge in [-0.1, -0.05) is 18.2 Å². The molecule has 0 radical (unpaired) electrons. The van der Waals surface area contributed by atoms with Gasteiger partial charge in [-0.05, 0) is 41.8 Å². The molecule has 0 aliphatic carbocycles. The highest BCUT2D eigenvalue weighted by Gasteiger charge is 2.12. The summed E-state index contributed by atoms with van der Waals surface area (Å²) < 4.78 is 11.1. The molecule has 1 heterocycles.